The zero-order chi connectivity index (χ0) is 14.9. The third kappa shape index (κ3) is 3.21. The van der Waals surface area contributed by atoms with E-state index >= 15 is 0 Å². The molecule has 1 aromatic rings. The third-order valence-corrected chi connectivity index (χ3v) is 4.05. The highest BCUT2D eigenvalue weighted by atomic mass is 32.1. The van der Waals surface area contributed by atoms with Gasteiger partial charge in [-0.25, -0.2) is 4.98 Å². The van der Waals surface area contributed by atoms with Crippen molar-refractivity contribution in [2.75, 3.05) is 30.7 Å². The van der Waals surface area contributed by atoms with Crippen molar-refractivity contribution in [3.05, 3.63) is 4.88 Å². The molecule has 3 N–H and O–H groups in total. The van der Waals surface area contributed by atoms with Gasteiger partial charge in [-0.2, -0.15) is 0 Å². The molecule has 1 amide bonds. The number of nitrogen functional groups attached to an aromatic ring is 1. The first-order chi connectivity index (χ1) is 9.32. The van der Waals surface area contributed by atoms with Crippen LogP contribution < -0.4 is 11.1 Å². The fourth-order valence-corrected chi connectivity index (χ4v) is 3.38. The number of aromatic nitrogens is 1. The van der Waals surface area contributed by atoms with Crippen LogP contribution in [0, 0.1) is 0 Å². The molecule has 0 saturated carbocycles. The van der Waals surface area contributed by atoms with Gasteiger partial charge in [-0.15, -0.1) is 0 Å². The number of anilines is 2. The number of morpholine rings is 1. The number of hydrogen-bond acceptors (Lipinski definition) is 6. The molecule has 1 fully saturated rings. The monoisotopic (exact) mass is 298 g/mol. The molecule has 0 spiro atoms. The third-order valence-electron chi connectivity index (χ3n) is 3.03. The number of thiazole rings is 1. The van der Waals surface area contributed by atoms with Crippen molar-refractivity contribution in [2.24, 2.45) is 0 Å². The number of ether oxygens (including phenoxy) is 1. The predicted octanol–water partition coefficient (Wildman–Crippen LogP) is 1.80. The maximum Gasteiger partial charge on any atom is 0.268 e. The van der Waals surface area contributed by atoms with Gasteiger partial charge in [-0.1, -0.05) is 11.3 Å². The highest BCUT2D eigenvalue weighted by Gasteiger charge is 2.35. The maximum atomic E-state index is 12.6. The van der Waals surface area contributed by atoms with Crippen LogP contribution in [0.5, 0.6) is 0 Å². The SMILES string of the molecule is CCNc1nc(N)c(C(=O)N2CC(C)OC(C)(C)C2)s1. The van der Waals surface area contributed by atoms with E-state index < -0.39 is 0 Å². The topological polar surface area (TPSA) is 80.5 Å². The van der Waals surface area contributed by atoms with Crippen molar-refractivity contribution >= 4 is 28.2 Å². The van der Waals surface area contributed by atoms with E-state index in [0.29, 0.717) is 28.9 Å². The molecule has 0 radical (unpaired) electrons. The highest BCUT2D eigenvalue weighted by Crippen LogP contribution is 2.29. The van der Waals surface area contributed by atoms with E-state index in [-0.39, 0.29) is 17.6 Å². The molecule has 20 heavy (non-hydrogen) atoms. The summed E-state index contributed by atoms with van der Waals surface area (Å²) in [5.74, 6) is 0.236. The minimum Gasteiger partial charge on any atom is -0.382 e. The molecule has 1 aromatic heterocycles. The van der Waals surface area contributed by atoms with E-state index in [1.165, 1.54) is 11.3 Å². The minimum absolute atomic E-state index is 0.0186. The molecular weight excluding hydrogens is 276 g/mol. The summed E-state index contributed by atoms with van der Waals surface area (Å²) >= 11 is 1.31. The van der Waals surface area contributed by atoms with E-state index in [1.807, 2.05) is 27.7 Å². The summed E-state index contributed by atoms with van der Waals surface area (Å²) in [4.78, 5) is 19.1. The minimum atomic E-state index is -0.336. The normalized spacial score (nSPS) is 21.8. The summed E-state index contributed by atoms with van der Waals surface area (Å²) in [7, 11) is 0. The first-order valence-electron chi connectivity index (χ1n) is 6.79. The molecular formula is C13H22N4O2S. The van der Waals surface area contributed by atoms with Gasteiger partial charge in [0.05, 0.1) is 11.7 Å². The average Bonchev–Trinajstić information content (AvgIpc) is 2.67. The standard InChI is InChI=1S/C13H22N4O2S/c1-5-15-12-16-10(14)9(20-12)11(18)17-6-8(2)19-13(3,4)7-17/h8H,5-7,14H2,1-4H3,(H,15,16). The lowest BCUT2D eigenvalue weighted by molar-refractivity contribution is -0.118. The number of carbonyl (C=O) groups is 1. The smallest absolute Gasteiger partial charge is 0.268 e. The molecule has 0 aromatic carbocycles. The van der Waals surface area contributed by atoms with Gasteiger partial charge in [-0.05, 0) is 27.7 Å². The fourth-order valence-electron chi connectivity index (χ4n) is 2.46. The van der Waals surface area contributed by atoms with E-state index in [9.17, 15) is 4.79 Å². The van der Waals surface area contributed by atoms with Gasteiger partial charge in [0, 0.05) is 19.6 Å². The number of hydrogen-bond donors (Lipinski definition) is 2. The van der Waals surface area contributed by atoms with Crippen LogP contribution in [0.25, 0.3) is 0 Å². The lowest BCUT2D eigenvalue weighted by Gasteiger charge is -2.41. The first-order valence-corrected chi connectivity index (χ1v) is 7.61. The van der Waals surface area contributed by atoms with Crippen molar-refractivity contribution in [1.82, 2.24) is 9.88 Å². The molecule has 7 heteroatoms. The van der Waals surface area contributed by atoms with Gasteiger partial charge in [0.1, 0.15) is 10.7 Å². The predicted molar refractivity (Wildman–Crippen MR) is 81.2 cm³/mol. The number of carbonyl (C=O) groups excluding carboxylic acids is 1. The second-order valence-electron chi connectivity index (χ2n) is 5.64. The quantitative estimate of drug-likeness (QED) is 0.889. The molecule has 0 bridgehead atoms. The van der Waals surface area contributed by atoms with Crippen LogP contribution in [0.1, 0.15) is 37.4 Å². The Morgan fingerprint density at radius 1 is 1.65 bits per heavy atom. The first kappa shape index (κ1) is 15.1. The number of amides is 1. The Balaban J connectivity index is 2.18. The van der Waals surface area contributed by atoms with Crippen LogP contribution in [0.4, 0.5) is 10.9 Å². The summed E-state index contributed by atoms with van der Waals surface area (Å²) in [6, 6.07) is 0. The summed E-state index contributed by atoms with van der Waals surface area (Å²) in [5, 5.41) is 3.77. The van der Waals surface area contributed by atoms with Gasteiger partial charge >= 0.3 is 0 Å². The van der Waals surface area contributed by atoms with Crippen LogP contribution in [-0.2, 0) is 4.74 Å². The summed E-state index contributed by atoms with van der Waals surface area (Å²) in [6.45, 7) is 9.82. The van der Waals surface area contributed by atoms with E-state index in [0.717, 1.165) is 6.54 Å². The number of nitrogens with two attached hydrogens (primary N) is 1. The van der Waals surface area contributed by atoms with Crippen molar-refractivity contribution in [3.63, 3.8) is 0 Å². The molecule has 1 aliphatic rings. The maximum absolute atomic E-state index is 12.6. The number of rotatable bonds is 3. The highest BCUT2D eigenvalue weighted by molar-refractivity contribution is 7.18. The lowest BCUT2D eigenvalue weighted by Crippen LogP contribution is -2.53. The zero-order valence-electron chi connectivity index (χ0n) is 12.4. The molecule has 2 heterocycles. The van der Waals surface area contributed by atoms with E-state index in [2.05, 4.69) is 10.3 Å². The average molecular weight is 298 g/mol. The van der Waals surface area contributed by atoms with Gasteiger partial charge in [-0.3, -0.25) is 4.79 Å². The molecule has 1 aliphatic heterocycles. The molecule has 112 valence electrons. The zero-order valence-corrected chi connectivity index (χ0v) is 13.2. The molecule has 2 rings (SSSR count). The Labute approximate surface area is 123 Å². The molecule has 1 unspecified atom stereocenters. The second-order valence-corrected chi connectivity index (χ2v) is 6.64. The molecule has 0 aliphatic carbocycles. The Kier molecular flexibility index (Phi) is 4.19. The largest absolute Gasteiger partial charge is 0.382 e. The molecule has 6 nitrogen and oxygen atoms in total. The van der Waals surface area contributed by atoms with Crippen LogP contribution in [0.2, 0.25) is 0 Å². The van der Waals surface area contributed by atoms with E-state index in [1.54, 1.807) is 4.90 Å². The van der Waals surface area contributed by atoms with Crippen molar-refractivity contribution in [1.29, 1.82) is 0 Å². The van der Waals surface area contributed by atoms with Gasteiger partial charge in [0.25, 0.3) is 5.91 Å². The molecule has 1 saturated heterocycles. The Hall–Kier alpha value is -1.34. The summed E-state index contributed by atoms with van der Waals surface area (Å²) in [6.07, 6.45) is 0.0186. The Morgan fingerprint density at radius 3 is 2.95 bits per heavy atom. The fraction of sp³-hybridized carbons (Fsp3) is 0.692. The van der Waals surface area contributed by atoms with Gasteiger partial charge in [0.15, 0.2) is 5.13 Å². The Morgan fingerprint density at radius 2 is 2.35 bits per heavy atom. The second kappa shape index (κ2) is 5.57. The number of nitrogens with zero attached hydrogens (tertiary/aromatic N) is 2. The number of nitrogens with one attached hydrogen (secondary N) is 1. The molecule has 1 atom stereocenters. The summed E-state index contributed by atoms with van der Waals surface area (Å²) < 4.78 is 5.81. The van der Waals surface area contributed by atoms with Crippen LogP contribution >= 0.6 is 11.3 Å². The van der Waals surface area contributed by atoms with Gasteiger partial charge < -0.3 is 20.7 Å². The van der Waals surface area contributed by atoms with Crippen LogP contribution in [-0.4, -0.2) is 47.1 Å². The van der Waals surface area contributed by atoms with E-state index in [4.69, 9.17) is 10.5 Å². The Bertz CT molecular complexity index is 501. The van der Waals surface area contributed by atoms with Gasteiger partial charge in [0.2, 0.25) is 0 Å². The summed E-state index contributed by atoms with van der Waals surface area (Å²) in [5.41, 5.74) is 5.53. The van der Waals surface area contributed by atoms with Crippen molar-refractivity contribution in [2.45, 2.75) is 39.4 Å². The lowest BCUT2D eigenvalue weighted by atomic mass is 10.1. The van der Waals surface area contributed by atoms with Crippen molar-refractivity contribution < 1.29 is 9.53 Å². The van der Waals surface area contributed by atoms with Crippen LogP contribution in [0.3, 0.4) is 0 Å². The van der Waals surface area contributed by atoms with Crippen LogP contribution in [0.15, 0.2) is 0 Å². The van der Waals surface area contributed by atoms with Crippen molar-refractivity contribution in [3.8, 4) is 0 Å².